The summed E-state index contributed by atoms with van der Waals surface area (Å²) in [5.74, 6) is 0.136. The van der Waals surface area contributed by atoms with E-state index < -0.39 is 12.0 Å². The summed E-state index contributed by atoms with van der Waals surface area (Å²) in [5.41, 5.74) is 1.99. The van der Waals surface area contributed by atoms with Crippen LogP contribution in [-0.2, 0) is 4.79 Å². The van der Waals surface area contributed by atoms with Crippen molar-refractivity contribution >= 4 is 28.3 Å². The average molecular weight is 438 g/mol. The summed E-state index contributed by atoms with van der Waals surface area (Å²) in [6.07, 6.45) is 1.72. The quantitative estimate of drug-likeness (QED) is 0.652. The number of benzene rings is 2. The predicted octanol–water partition coefficient (Wildman–Crippen LogP) is 4.02. The maximum absolute atomic E-state index is 13.5. The highest BCUT2D eigenvalue weighted by atomic mass is 32.1. The first kappa shape index (κ1) is 20.9. The predicted molar refractivity (Wildman–Crippen MR) is 119 cm³/mol. The number of aromatic nitrogens is 1. The number of anilines is 1. The molecule has 7 nitrogen and oxygen atoms in total. The van der Waals surface area contributed by atoms with Crippen molar-refractivity contribution in [3.8, 4) is 11.5 Å². The summed E-state index contributed by atoms with van der Waals surface area (Å²) < 4.78 is 10.8. The van der Waals surface area contributed by atoms with Gasteiger partial charge in [-0.2, -0.15) is 0 Å². The van der Waals surface area contributed by atoms with Gasteiger partial charge in [0.1, 0.15) is 0 Å². The number of thiazole rings is 1. The standard InChI is InChI=1S/C23H23N3O4S/c1-13-12-24-23(31-13)25-21(27)19-15-7-5-6-8-16(15)22(28)26(2)20(19)14-9-10-17(29-3)18(11-14)30-4/h5-12,19-20H,1-4H3,(H,24,25,27)/t19-,20-/m1/s1. The van der Waals surface area contributed by atoms with Gasteiger partial charge in [-0.1, -0.05) is 24.3 Å². The fourth-order valence-electron chi connectivity index (χ4n) is 4.01. The lowest BCUT2D eigenvalue weighted by atomic mass is 9.79. The Morgan fingerprint density at radius 1 is 1.13 bits per heavy atom. The molecule has 1 N–H and O–H groups in total. The van der Waals surface area contributed by atoms with Crippen molar-refractivity contribution in [3.05, 3.63) is 70.2 Å². The van der Waals surface area contributed by atoms with E-state index in [0.29, 0.717) is 27.8 Å². The minimum Gasteiger partial charge on any atom is -0.493 e. The van der Waals surface area contributed by atoms with Gasteiger partial charge in [0.2, 0.25) is 5.91 Å². The van der Waals surface area contributed by atoms with E-state index in [0.717, 1.165) is 10.4 Å². The molecule has 2 aromatic carbocycles. The third-order valence-corrected chi connectivity index (χ3v) is 6.29. The number of rotatable bonds is 5. The van der Waals surface area contributed by atoms with Gasteiger partial charge in [0.05, 0.1) is 26.2 Å². The molecule has 160 valence electrons. The van der Waals surface area contributed by atoms with Crippen LogP contribution in [0.3, 0.4) is 0 Å². The summed E-state index contributed by atoms with van der Waals surface area (Å²) in [4.78, 5) is 33.5. The maximum Gasteiger partial charge on any atom is 0.254 e. The molecule has 0 spiro atoms. The number of carbonyl (C=O) groups excluding carboxylic acids is 2. The van der Waals surface area contributed by atoms with E-state index in [-0.39, 0.29) is 11.8 Å². The van der Waals surface area contributed by atoms with Crippen molar-refractivity contribution in [2.75, 3.05) is 26.6 Å². The highest BCUT2D eigenvalue weighted by Gasteiger charge is 2.43. The van der Waals surface area contributed by atoms with Crippen LogP contribution in [0.25, 0.3) is 0 Å². The molecule has 0 saturated heterocycles. The number of amides is 2. The minimum absolute atomic E-state index is 0.135. The molecule has 1 aliphatic heterocycles. The Morgan fingerprint density at radius 3 is 2.55 bits per heavy atom. The Morgan fingerprint density at radius 2 is 1.87 bits per heavy atom. The van der Waals surface area contributed by atoms with Gasteiger partial charge in [0.15, 0.2) is 16.6 Å². The molecule has 0 fully saturated rings. The number of hydrogen-bond acceptors (Lipinski definition) is 6. The fraction of sp³-hybridized carbons (Fsp3) is 0.261. The molecule has 2 atom stereocenters. The molecule has 2 amide bonds. The van der Waals surface area contributed by atoms with E-state index >= 15 is 0 Å². The van der Waals surface area contributed by atoms with Gasteiger partial charge in [-0.25, -0.2) is 4.98 Å². The summed E-state index contributed by atoms with van der Waals surface area (Å²) in [7, 11) is 4.84. The van der Waals surface area contributed by atoms with Crippen LogP contribution >= 0.6 is 11.3 Å². The lowest BCUT2D eigenvalue weighted by Gasteiger charge is -2.39. The number of nitrogens with one attached hydrogen (secondary N) is 1. The van der Waals surface area contributed by atoms with E-state index in [1.807, 2.05) is 31.2 Å². The number of fused-ring (bicyclic) bond motifs is 1. The molecule has 0 saturated carbocycles. The van der Waals surface area contributed by atoms with E-state index in [1.165, 1.54) is 11.3 Å². The largest absolute Gasteiger partial charge is 0.493 e. The molecule has 0 bridgehead atoms. The lowest BCUT2D eigenvalue weighted by molar-refractivity contribution is -0.119. The van der Waals surface area contributed by atoms with Crippen LogP contribution in [0.5, 0.6) is 11.5 Å². The van der Waals surface area contributed by atoms with Crippen molar-refractivity contribution in [1.29, 1.82) is 0 Å². The van der Waals surface area contributed by atoms with Crippen molar-refractivity contribution in [3.63, 3.8) is 0 Å². The number of aryl methyl sites for hydroxylation is 1. The number of hydrogen-bond donors (Lipinski definition) is 1. The van der Waals surface area contributed by atoms with Gasteiger partial charge in [0.25, 0.3) is 5.91 Å². The van der Waals surface area contributed by atoms with E-state index in [9.17, 15) is 9.59 Å². The molecule has 0 radical (unpaired) electrons. The summed E-state index contributed by atoms with van der Waals surface area (Å²) in [5, 5.41) is 3.47. The smallest absolute Gasteiger partial charge is 0.254 e. The average Bonchev–Trinajstić information content (AvgIpc) is 3.19. The van der Waals surface area contributed by atoms with Crippen molar-refractivity contribution < 1.29 is 19.1 Å². The molecule has 2 heterocycles. The van der Waals surface area contributed by atoms with Gasteiger partial charge in [0, 0.05) is 23.7 Å². The first-order valence-electron chi connectivity index (χ1n) is 9.76. The SMILES string of the molecule is COc1ccc([C@@H]2[C@H](C(=O)Nc3ncc(C)s3)c3ccccc3C(=O)N2C)cc1OC. The zero-order chi connectivity index (χ0) is 22.1. The third kappa shape index (κ3) is 3.74. The molecule has 1 aliphatic rings. The van der Waals surface area contributed by atoms with Crippen LogP contribution < -0.4 is 14.8 Å². The van der Waals surface area contributed by atoms with Crippen LogP contribution in [0.2, 0.25) is 0 Å². The van der Waals surface area contributed by atoms with Crippen LogP contribution in [0, 0.1) is 6.92 Å². The molecule has 4 rings (SSSR count). The topological polar surface area (TPSA) is 80.8 Å². The number of likely N-dealkylation sites (N-methyl/N-ethyl adjacent to an activating group) is 1. The fourth-order valence-corrected chi connectivity index (χ4v) is 4.67. The Labute approximate surface area is 184 Å². The van der Waals surface area contributed by atoms with Gasteiger partial charge in [-0.3, -0.25) is 9.59 Å². The Kier molecular flexibility index (Phi) is 5.65. The normalized spacial score (nSPS) is 17.8. The van der Waals surface area contributed by atoms with Crippen molar-refractivity contribution in [2.45, 2.75) is 18.9 Å². The molecular formula is C23H23N3O4S. The highest BCUT2D eigenvalue weighted by molar-refractivity contribution is 7.15. The number of ether oxygens (including phenoxy) is 2. The van der Waals surface area contributed by atoms with Crippen LogP contribution in [-0.4, -0.2) is 43.0 Å². The van der Waals surface area contributed by atoms with E-state index in [1.54, 1.807) is 50.6 Å². The monoisotopic (exact) mass is 437 g/mol. The molecule has 8 heteroatoms. The molecule has 3 aromatic rings. The summed E-state index contributed by atoms with van der Waals surface area (Å²) >= 11 is 1.41. The van der Waals surface area contributed by atoms with Gasteiger partial charge < -0.3 is 19.7 Å². The van der Waals surface area contributed by atoms with Gasteiger partial charge in [-0.15, -0.1) is 11.3 Å². The third-order valence-electron chi connectivity index (χ3n) is 5.46. The number of methoxy groups -OCH3 is 2. The molecule has 0 aliphatic carbocycles. The van der Waals surface area contributed by atoms with Crippen molar-refractivity contribution in [1.82, 2.24) is 9.88 Å². The second-order valence-corrected chi connectivity index (χ2v) is 8.54. The van der Waals surface area contributed by atoms with Crippen molar-refractivity contribution in [2.24, 2.45) is 0 Å². The number of carbonyl (C=O) groups is 2. The number of nitrogens with zero attached hydrogens (tertiary/aromatic N) is 2. The maximum atomic E-state index is 13.5. The van der Waals surface area contributed by atoms with E-state index in [2.05, 4.69) is 10.3 Å². The zero-order valence-corrected chi connectivity index (χ0v) is 18.5. The first-order chi connectivity index (χ1) is 14.9. The second-order valence-electron chi connectivity index (χ2n) is 7.31. The van der Waals surface area contributed by atoms with Crippen LogP contribution in [0.15, 0.2) is 48.7 Å². The summed E-state index contributed by atoms with van der Waals surface area (Å²) in [6.45, 7) is 1.93. The van der Waals surface area contributed by atoms with Crippen LogP contribution in [0.1, 0.15) is 38.3 Å². The van der Waals surface area contributed by atoms with Gasteiger partial charge in [-0.05, 0) is 36.2 Å². The molecule has 1 aromatic heterocycles. The highest BCUT2D eigenvalue weighted by Crippen LogP contribution is 2.44. The Bertz CT molecular complexity index is 1140. The Balaban J connectivity index is 1.83. The Hall–Kier alpha value is -3.39. The second kappa shape index (κ2) is 8.39. The lowest BCUT2D eigenvalue weighted by Crippen LogP contribution is -2.44. The first-order valence-corrected chi connectivity index (χ1v) is 10.6. The minimum atomic E-state index is -0.624. The van der Waals surface area contributed by atoms with Crippen LogP contribution in [0.4, 0.5) is 5.13 Å². The van der Waals surface area contributed by atoms with E-state index in [4.69, 9.17) is 9.47 Å². The summed E-state index contributed by atoms with van der Waals surface area (Å²) in [6, 6.07) is 12.2. The molecular weight excluding hydrogens is 414 g/mol. The molecule has 0 unspecified atom stereocenters. The van der Waals surface area contributed by atoms with Gasteiger partial charge >= 0.3 is 0 Å². The zero-order valence-electron chi connectivity index (χ0n) is 17.7. The molecule has 31 heavy (non-hydrogen) atoms.